The Hall–Kier alpha value is -1.48. The van der Waals surface area contributed by atoms with Crippen LogP contribution >= 0.6 is 0 Å². The van der Waals surface area contributed by atoms with E-state index in [9.17, 15) is 14.7 Å². The van der Waals surface area contributed by atoms with Gasteiger partial charge in [0.25, 0.3) is 0 Å². The van der Waals surface area contributed by atoms with Crippen molar-refractivity contribution in [3.05, 3.63) is 12.2 Å². The summed E-state index contributed by atoms with van der Waals surface area (Å²) in [4.78, 5) is 24.5. The summed E-state index contributed by atoms with van der Waals surface area (Å²) in [5.41, 5.74) is -1.48. The summed E-state index contributed by atoms with van der Waals surface area (Å²) in [6.07, 6.45) is 24.8. The van der Waals surface area contributed by atoms with Crippen molar-refractivity contribution >= 4 is 11.9 Å². The molecule has 0 fully saturated rings. The van der Waals surface area contributed by atoms with Gasteiger partial charge in [-0.25, -0.2) is 4.79 Å². The van der Waals surface area contributed by atoms with E-state index in [-0.39, 0.29) is 19.8 Å². The van der Waals surface area contributed by atoms with Crippen LogP contribution in [0.3, 0.4) is 0 Å². The van der Waals surface area contributed by atoms with Crippen molar-refractivity contribution in [2.24, 2.45) is 0 Å². The Bertz CT molecular complexity index is 604. The number of aliphatic hydroxyl groups is 3. The first-order valence-corrected chi connectivity index (χ1v) is 15.5. The van der Waals surface area contributed by atoms with Crippen LogP contribution in [0.25, 0.3) is 0 Å². The number of ether oxygens (including phenoxy) is 1. The van der Waals surface area contributed by atoms with E-state index in [0.717, 1.165) is 44.9 Å². The maximum Gasteiger partial charge on any atom is 0.337 e. The lowest BCUT2D eigenvalue weighted by Crippen LogP contribution is -2.39. The molecule has 0 radical (unpaired) electrons. The fraction of sp³-hybridized carbons (Fsp3) is 0.871. The second-order valence-corrected chi connectivity index (χ2v) is 10.9. The first kappa shape index (κ1) is 37.5. The van der Waals surface area contributed by atoms with Crippen molar-refractivity contribution in [3.63, 3.8) is 0 Å². The van der Waals surface area contributed by atoms with Gasteiger partial charge in [-0.15, -0.1) is 0 Å². The average molecular weight is 558 g/mol. The number of carboxylic acid groups (broad SMARTS) is 1. The molecule has 39 heavy (non-hydrogen) atoms. The summed E-state index contributed by atoms with van der Waals surface area (Å²) in [5.74, 6) is -1.29. The SMILES string of the molecule is CC(O)(CCCCCCCCC=CCCCCCCCCCCCC(=O)O)C(=O)OCCN(CCO)CCO. The van der Waals surface area contributed by atoms with E-state index in [1.165, 1.54) is 71.1 Å². The van der Waals surface area contributed by atoms with E-state index in [0.29, 0.717) is 32.5 Å². The Morgan fingerprint density at radius 1 is 0.692 bits per heavy atom. The number of aliphatic hydroxyl groups excluding tert-OH is 2. The topological polar surface area (TPSA) is 128 Å². The molecule has 0 saturated heterocycles. The molecule has 4 N–H and O–H groups in total. The van der Waals surface area contributed by atoms with Gasteiger partial charge in [0.15, 0.2) is 5.60 Å². The highest BCUT2D eigenvalue weighted by Gasteiger charge is 2.31. The van der Waals surface area contributed by atoms with Crippen LogP contribution in [0.5, 0.6) is 0 Å². The average Bonchev–Trinajstić information content (AvgIpc) is 2.89. The molecule has 8 nitrogen and oxygen atoms in total. The first-order valence-electron chi connectivity index (χ1n) is 15.5. The highest BCUT2D eigenvalue weighted by atomic mass is 16.5. The minimum Gasteiger partial charge on any atom is -0.481 e. The number of hydrogen-bond donors (Lipinski definition) is 4. The number of carboxylic acids is 1. The van der Waals surface area contributed by atoms with Gasteiger partial charge in [0.1, 0.15) is 6.61 Å². The smallest absolute Gasteiger partial charge is 0.337 e. The minimum absolute atomic E-state index is 0.0221. The fourth-order valence-electron chi connectivity index (χ4n) is 4.59. The number of unbranched alkanes of at least 4 members (excludes halogenated alkanes) is 15. The van der Waals surface area contributed by atoms with Crippen molar-refractivity contribution in [2.45, 2.75) is 135 Å². The van der Waals surface area contributed by atoms with Gasteiger partial charge >= 0.3 is 11.9 Å². The Morgan fingerprint density at radius 3 is 1.59 bits per heavy atom. The van der Waals surface area contributed by atoms with Crippen LogP contribution in [0, 0.1) is 0 Å². The van der Waals surface area contributed by atoms with E-state index in [2.05, 4.69) is 12.2 Å². The van der Waals surface area contributed by atoms with Crippen LogP contribution in [0.2, 0.25) is 0 Å². The van der Waals surface area contributed by atoms with Gasteiger partial charge in [-0.05, 0) is 51.9 Å². The maximum absolute atomic E-state index is 12.2. The minimum atomic E-state index is -1.48. The van der Waals surface area contributed by atoms with E-state index in [1.807, 2.05) is 0 Å². The predicted molar refractivity (Wildman–Crippen MR) is 157 cm³/mol. The van der Waals surface area contributed by atoms with Gasteiger partial charge in [0.2, 0.25) is 0 Å². The highest BCUT2D eigenvalue weighted by Crippen LogP contribution is 2.18. The monoisotopic (exact) mass is 557 g/mol. The van der Waals surface area contributed by atoms with E-state index in [1.54, 1.807) is 4.90 Å². The van der Waals surface area contributed by atoms with Crippen LogP contribution < -0.4 is 0 Å². The fourth-order valence-corrected chi connectivity index (χ4v) is 4.59. The zero-order valence-corrected chi connectivity index (χ0v) is 24.8. The molecule has 0 heterocycles. The number of nitrogens with zero attached hydrogens (tertiary/aromatic N) is 1. The van der Waals surface area contributed by atoms with Gasteiger partial charge in [0, 0.05) is 26.1 Å². The van der Waals surface area contributed by atoms with Crippen molar-refractivity contribution in [2.75, 3.05) is 39.5 Å². The van der Waals surface area contributed by atoms with Crippen LogP contribution in [0.15, 0.2) is 12.2 Å². The lowest BCUT2D eigenvalue weighted by molar-refractivity contribution is -0.164. The molecule has 1 unspecified atom stereocenters. The molecule has 8 heteroatoms. The second-order valence-electron chi connectivity index (χ2n) is 10.9. The lowest BCUT2D eigenvalue weighted by Gasteiger charge is -2.23. The molecular weight excluding hydrogens is 498 g/mol. The quantitative estimate of drug-likeness (QED) is 0.0530. The summed E-state index contributed by atoms with van der Waals surface area (Å²) in [6, 6.07) is 0. The Labute approximate surface area is 237 Å². The number of allylic oxidation sites excluding steroid dienone is 2. The summed E-state index contributed by atoms with van der Waals surface area (Å²) in [6.45, 7) is 2.83. The molecule has 0 aromatic heterocycles. The molecule has 0 aliphatic heterocycles. The van der Waals surface area contributed by atoms with Gasteiger partial charge in [0.05, 0.1) is 13.2 Å². The Kier molecular flexibility index (Phi) is 25.7. The molecule has 230 valence electrons. The van der Waals surface area contributed by atoms with Gasteiger partial charge in [-0.1, -0.05) is 82.8 Å². The molecule has 0 aliphatic rings. The molecule has 0 aromatic carbocycles. The number of hydrogen-bond acceptors (Lipinski definition) is 7. The summed E-state index contributed by atoms with van der Waals surface area (Å²) < 4.78 is 5.22. The molecule has 0 bridgehead atoms. The van der Waals surface area contributed by atoms with Crippen molar-refractivity contribution in [1.29, 1.82) is 0 Å². The molecule has 0 rings (SSSR count). The molecule has 1 atom stereocenters. The van der Waals surface area contributed by atoms with Crippen LogP contribution in [0.4, 0.5) is 0 Å². The predicted octanol–water partition coefficient (Wildman–Crippen LogP) is 5.62. The van der Waals surface area contributed by atoms with Gasteiger partial charge in [-0.3, -0.25) is 9.69 Å². The van der Waals surface area contributed by atoms with E-state index in [4.69, 9.17) is 20.1 Å². The largest absolute Gasteiger partial charge is 0.481 e. The zero-order valence-electron chi connectivity index (χ0n) is 24.8. The van der Waals surface area contributed by atoms with Crippen molar-refractivity contribution in [3.8, 4) is 0 Å². The lowest BCUT2D eigenvalue weighted by atomic mass is 9.97. The number of esters is 1. The molecule has 0 spiro atoms. The zero-order chi connectivity index (χ0) is 29.0. The van der Waals surface area contributed by atoms with Gasteiger partial charge < -0.3 is 25.2 Å². The number of carbonyl (C=O) groups excluding carboxylic acids is 1. The maximum atomic E-state index is 12.2. The summed E-state index contributed by atoms with van der Waals surface area (Å²) in [7, 11) is 0. The first-order chi connectivity index (χ1) is 18.8. The summed E-state index contributed by atoms with van der Waals surface area (Å²) >= 11 is 0. The van der Waals surface area contributed by atoms with Crippen LogP contribution in [-0.2, 0) is 14.3 Å². The van der Waals surface area contributed by atoms with E-state index < -0.39 is 17.5 Å². The normalized spacial score (nSPS) is 13.3. The molecule has 0 amide bonds. The van der Waals surface area contributed by atoms with Crippen LogP contribution in [-0.4, -0.2) is 82.3 Å². The van der Waals surface area contributed by atoms with Gasteiger partial charge in [-0.2, -0.15) is 0 Å². The highest BCUT2D eigenvalue weighted by molar-refractivity contribution is 5.78. The molecule has 0 aromatic rings. The third-order valence-corrected chi connectivity index (χ3v) is 7.13. The number of aliphatic carboxylic acids is 1. The standard InChI is InChI=1S/C31H59NO7/c1-31(38,30(37)39-28-25-32(23-26-33)24-27-34)22-20-18-16-14-12-10-8-6-4-2-3-5-7-9-11-13-15-17-19-21-29(35)36/h4,6,33-34,38H,2-3,5,7-28H2,1H3,(H,35,36). The van der Waals surface area contributed by atoms with Crippen molar-refractivity contribution in [1.82, 2.24) is 4.90 Å². The molecule has 0 aliphatic carbocycles. The molecular formula is C31H59NO7. The summed E-state index contributed by atoms with van der Waals surface area (Å²) in [5, 5.41) is 37.1. The Morgan fingerprint density at radius 2 is 1.13 bits per heavy atom. The number of carbonyl (C=O) groups is 2. The molecule has 0 saturated carbocycles. The van der Waals surface area contributed by atoms with E-state index >= 15 is 0 Å². The number of rotatable bonds is 29. The Balaban J connectivity index is 3.53. The third kappa shape index (κ3) is 25.2. The van der Waals surface area contributed by atoms with Crippen molar-refractivity contribution < 1.29 is 34.8 Å². The second kappa shape index (κ2) is 26.7. The van der Waals surface area contributed by atoms with Crippen LogP contribution in [0.1, 0.15) is 129 Å². The third-order valence-electron chi connectivity index (χ3n) is 7.13.